The van der Waals surface area contributed by atoms with Gasteiger partial charge in [-0.2, -0.15) is 0 Å². The number of hydrogen-bond acceptors (Lipinski definition) is 2. The zero-order valence-corrected chi connectivity index (χ0v) is 9.70. The van der Waals surface area contributed by atoms with Crippen LogP contribution in [0.1, 0.15) is 19.8 Å². The highest BCUT2D eigenvalue weighted by atomic mass is 16.2. The topological polar surface area (TPSA) is 35.6 Å². The van der Waals surface area contributed by atoms with Gasteiger partial charge in [-0.1, -0.05) is 0 Å². The van der Waals surface area contributed by atoms with E-state index in [4.69, 9.17) is 0 Å². The van der Waals surface area contributed by atoms with Crippen LogP contribution in [-0.4, -0.2) is 55.1 Å². The standard InChI is InChI=1S/C11H21N3O/c1-3-13(2)11(15)12-10-8-14-6-4-9(10)5-7-14/h9-10H,3-8H2,1-2H3,(H,12,15). The average Bonchev–Trinajstić information content (AvgIpc) is 2.29. The number of hydrogen-bond donors (Lipinski definition) is 1. The number of piperidine rings is 3. The number of fused-ring (bicyclic) bond motifs is 3. The van der Waals surface area contributed by atoms with Gasteiger partial charge in [-0.3, -0.25) is 0 Å². The van der Waals surface area contributed by atoms with E-state index in [1.165, 1.54) is 25.9 Å². The molecular weight excluding hydrogens is 190 g/mol. The Balaban J connectivity index is 1.87. The molecule has 86 valence electrons. The number of urea groups is 1. The Morgan fingerprint density at radius 1 is 1.47 bits per heavy atom. The molecule has 3 saturated heterocycles. The van der Waals surface area contributed by atoms with E-state index in [9.17, 15) is 4.79 Å². The Kier molecular flexibility index (Phi) is 3.14. The number of rotatable bonds is 2. The first kappa shape index (κ1) is 10.7. The minimum Gasteiger partial charge on any atom is -0.334 e. The number of nitrogens with zero attached hydrogens (tertiary/aromatic N) is 2. The van der Waals surface area contributed by atoms with Crippen LogP contribution in [0.2, 0.25) is 0 Å². The summed E-state index contributed by atoms with van der Waals surface area (Å²) in [5.41, 5.74) is 0. The lowest BCUT2D eigenvalue weighted by atomic mass is 9.84. The molecule has 0 aromatic carbocycles. The molecule has 3 heterocycles. The van der Waals surface area contributed by atoms with Crippen molar-refractivity contribution in [2.75, 3.05) is 33.2 Å². The van der Waals surface area contributed by atoms with Crippen LogP contribution in [0.5, 0.6) is 0 Å². The molecule has 0 saturated carbocycles. The molecule has 4 nitrogen and oxygen atoms in total. The fourth-order valence-electron chi connectivity index (χ4n) is 2.54. The zero-order valence-electron chi connectivity index (χ0n) is 9.70. The van der Waals surface area contributed by atoms with Gasteiger partial charge in [0.1, 0.15) is 0 Å². The highest BCUT2D eigenvalue weighted by molar-refractivity contribution is 5.74. The molecular formula is C11H21N3O. The maximum atomic E-state index is 11.7. The third kappa shape index (κ3) is 2.25. The quantitative estimate of drug-likeness (QED) is 0.731. The van der Waals surface area contributed by atoms with Crippen molar-refractivity contribution < 1.29 is 4.79 Å². The second-order valence-electron chi connectivity index (χ2n) is 4.71. The summed E-state index contributed by atoms with van der Waals surface area (Å²) in [5, 5.41) is 3.15. The lowest BCUT2D eigenvalue weighted by Crippen LogP contribution is -2.58. The predicted molar refractivity (Wildman–Crippen MR) is 59.8 cm³/mol. The van der Waals surface area contributed by atoms with Gasteiger partial charge in [-0.05, 0) is 38.8 Å². The molecule has 0 spiro atoms. The summed E-state index contributed by atoms with van der Waals surface area (Å²) in [6.07, 6.45) is 2.50. The SMILES string of the molecule is CCN(C)C(=O)NC1CN2CCC1CC2. The fourth-order valence-corrected chi connectivity index (χ4v) is 2.54. The van der Waals surface area contributed by atoms with Crippen LogP contribution >= 0.6 is 0 Å². The maximum Gasteiger partial charge on any atom is 0.317 e. The van der Waals surface area contributed by atoms with Crippen molar-refractivity contribution in [3.8, 4) is 0 Å². The molecule has 15 heavy (non-hydrogen) atoms. The highest BCUT2D eigenvalue weighted by Gasteiger charge is 2.35. The summed E-state index contributed by atoms with van der Waals surface area (Å²) in [6.45, 7) is 6.26. The summed E-state index contributed by atoms with van der Waals surface area (Å²) < 4.78 is 0. The normalized spacial score (nSPS) is 33.9. The predicted octanol–water partition coefficient (Wildman–Crippen LogP) is 0.742. The van der Waals surface area contributed by atoms with E-state index in [0.29, 0.717) is 12.0 Å². The summed E-state index contributed by atoms with van der Waals surface area (Å²) in [4.78, 5) is 15.9. The molecule has 1 unspecified atom stereocenters. The molecule has 1 N–H and O–H groups in total. The average molecular weight is 211 g/mol. The van der Waals surface area contributed by atoms with E-state index < -0.39 is 0 Å². The van der Waals surface area contributed by atoms with Gasteiger partial charge in [0.05, 0.1) is 0 Å². The third-order valence-corrected chi connectivity index (χ3v) is 3.79. The van der Waals surface area contributed by atoms with Crippen LogP contribution in [0.25, 0.3) is 0 Å². The van der Waals surface area contributed by atoms with Crippen molar-refractivity contribution in [3.63, 3.8) is 0 Å². The van der Waals surface area contributed by atoms with Gasteiger partial charge >= 0.3 is 6.03 Å². The Morgan fingerprint density at radius 3 is 2.60 bits per heavy atom. The van der Waals surface area contributed by atoms with Crippen molar-refractivity contribution in [1.29, 1.82) is 0 Å². The summed E-state index contributed by atoms with van der Waals surface area (Å²) >= 11 is 0. The van der Waals surface area contributed by atoms with E-state index in [-0.39, 0.29) is 6.03 Å². The summed E-state index contributed by atoms with van der Waals surface area (Å²) in [6, 6.07) is 0.463. The zero-order chi connectivity index (χ0) is 10.8. The molecule has 0 aromatic heterocycles. The maximum absolute atomic E-state index is 11.7. The van der Waals surface area contributed by atoms with Crippen LogP contribution in [-0.2, 0) is 0 Å². The molecule has 3 fully saturated rings. The van der Waals surface area contributed by atoms with Gasteiger partial charge in [0.15, 0.2) is 0 Å². The lowest BCUT2D eigenvalue weighted by molar-refractivity contribution is 0.0739. The Labute approximate surface area is 91.6 Å². The molecule has 2 bridgehead atoms. The molecule has 3 aliphatic rings. The molecule has 4 heteroatoms. The Hall–Kier alpha value is -0.770. The van der Waals surface area contributed by atoms with Crippen LogP contribution in [0.4, 0.5) is 4.79 Å². The molecule has 0 aromatic rings. The van der Waals surface area contributed by atoms with E-state index in [2.05, 4.69) is 10.2 Å². The first-order chi connectivity index (χ1) is 7.20. The molecule has 0 radical (unpaired) electrons. The summed E-state index contributed by atoms with van der Waals surface area (Å²) in [5.74, 6) is 0.712. The molecule has 1 atom stereocenters. The number of carbonyl (C=O) groups is 1. The van der Waals surface area contributed by atoms with E-state index >= 15 is 0 Å². The van der Waals surface area contributed by atoms with Gasteiger partial charge in [0, 0.05) is 26.2 Å². The number of amides is 2. The van der Waals surface area contributed by atoms with Gasteiger partial charge in [-0.15, -0.1) is 0 Å². The first-order valence-electron chi connectivity index (χ1n) is 5.94. The highest BCUT2D eigenvalue weighted by Crippen LogP contribution is 2.27. The van der Waals surface area contributed by atoms with Gasteiger partial charge < -0.3 is 15.1 Å². The molecule has 2 amide bonds. The molecule has 0 aliphatic carbocycles. The second kappa shape index (κ2) is 4.39. The van der Waals surface area contributed by atoms with Crippen LogP contribution in [0.3, 0.4) is 0 Å². The lowest BCUT2D eigenvalue weighted by Gasteiger charge is -2.45. The first-order valence-corrected chi connectivity index (χ1v) is 5.94. The van der Waals surface area contributed by atoms with Crippen LogP contribution in [0.15, 0.2) is 0 Å². The van der Waals surface area contributed by atoms with Crippen LogP contribution < -0.4 is 5.32 Å². The van der Waals surface area contributed by atoms with Crippen molar-refractivity contribution in [3.05, 3.63) is 0 Å². The monoisotopic (exact) mass is 211 g/mol. The second-order valence-corrected chi connectivity index (χ2v) is 4.71. The van der Waals surface area contributed by atoms with E-state index in [1.54, 1.807) is 4.90 Å². The van der Waals surface area contributed by atoms with E-state index in [0.717, 1.165) is 13.1 Å². The number of carbonyl (C=O) groups excluding carboxylic acids is 1. The smallest absolute Gasteiger partial charge is 0.317 e. The third-order valence-electron chi connectivity index (χ3n) is 3.79. The summed E-state index contributed by atoms with van der Waals surface area (Å²) in [7, 11) is 1.84. The Bertz CT molecular complexity index is 236. The van der Waals surface area contributed by atoms with Crippen LogP contribution in [0, 0.1) is 5.92 Å². The minimum absolute atomic E-state index is 0.0799. The molecule has 3 rings (SSSR count). The minimum atomic E-state index is 0.0799. The largest absolute Gasteiger partial charge is 0.334 e. The fraction of sp³-hybridized carbons (Fsp3) is 0.909. The van der Waals surface area contributed by atoms with Crippen molar-refractivity contribution in [2.24, 2.45) is 5.92 Å². The Morgan fingerprint density at radius 2 is 2.13 bits per heavy atom. The van der Waals surface area contributed by atoms with Crippen molar-refractivity contribution in [2.45, 2.75) is 25.8 Å². The van der Waals surface area contributed by atoms with E-state index in [1.807, 2.05) is 14.0 Å². The van der Waals surface area contributed by atoms with Crippen molar-refractivity contribution in [1.82, 2.24) is 15.1 Å². The van der Waals surface area contributed by atoms with Gasteiger partial charge in [0.25, 0.3) is 0 Å². The van der Waals surface area contributed by atoms with Gasteiger partial charge in [-0.25, -0.2) is 4.79 Å². The molecule has 3 aliphatic heterocycles. The van der Waals surface area contributed by atoms with Crippen molar-refractivity contribution >= 4 is 6.03 Å². The number of nitrogens with one attached hydrogen (secondary N) is 1. The van der Waals surface area contributed by atoms with Gasteiger partial charge in [0.2, 0.25) is 0 Å².